The van der Waals surface area contributed by atoms with Crippen LogP contribution in [0.2, 0.25) is 5.02 Å². The van der Waals surface area contributed by atoms with Crippen molar-refractivity contribution >= 4 is 43.2 Å². The first-order chi connectivity index (χ1) is 27.1. The number of anilines is 1. The van der Waals surface area contributed by atoms with E-state index in [4.69, 9.17) is 21.1 Å². The van der Waals surface area contributed by atoms with E-state index in [1.54, 1.807) is 24.4 Å². The summed E-state index contributed by atoms with van der Waals surface area (Å²) in [6.45, 7) is 10.2. The number of amides is 1. The number of piperazine rings is 2. The SMILES string of the molecule is CO[C@@]1(CN2CCN3CCN(S(C)(=O)=O)C[C@@H]3C2)/C=C\C[C@H](C)[C@@H](C)S(=O)(=O)NC(=O)c2ccc3c(c2)N(C[C@@H]2CC[C@H]21)C[C@@]1(CCCc2cc(Cl)ccc21)CO3. The lowest BCUT2D eigenvalue weighted by Crippen LogP contribution is -2.65. The van der Waals surface area contributed by atoms with Crippen LogP contribution >= 0.6 is 11.6 Å². The number of methoxy groups -OCH3 is 1. The van der Waals surface area contributed by atoms with Gasteiger partial charge < -0.3 is 14.4 Å². The van der Waals surface area contributed by atoms with Crippen molar-refractivity contribution in [2.24, 2.45) is 17.8 Å². The molecule has 1 spiro atoms. The van der Waals surface area contributed by atoms with E-state index in [0.717, 1.165) is 69.0 Å². The Bertz CT molecular complexity index is 2120. The molecule has 4 heterocycles. The molecule has 4 aliphatic heterocycles. The van der Waals surface area contributed by atoms with Gasteiger partial charge in [0.15, 0.2) is 0 Å². The summed E-state index contributed by atoms with van der Waals surface area (Å²) in [5.41, 5.74) is 2.58. The molecule has 1 amide bonds. The third-order valence-electron chi connectivity index (χ3n) is 14.3. The van der Waals surface area contributed by atoms with Gasteiger partial charge in [-0.2, -0.15) is 4.31 Å². The number of hydrogen-bond acceptors (Lipinski definition) is 10. The molecule has 312 valence electrons. The summed E-state index contributed by atoms with van der Waals surface area (Å²) < 4.78 is 69.8. The summed E-state index contributed by atoms with van der Waals surface area (Å²) in [5.74, 6) is 0.169. The fourth-order valence-corrected chi connectivity index (χ4v) is 12.9. The minimum atomic E-state index is -4.01. The first-order valence-electron chi connectivity index (χ1n) is 20.6. The van der Waals surface area contributed by atoms with Crippen molar-refractivity contribution in [3.8, 4) is 5.75 Å². The maximum absolute atomic E-state index is 13.7. The molecule has 2 aliphatic carbocycles. The molecule has 0 unspecified atom stereocenters. The van der Waals surface area contributed by atoms with Crippen molar-refractivity contribution in [2.75, 3.05) is 83.8 Å². The van der Waals surface area contributed by atoms with Crippen molar-refractivity contribution in [1.29, 1.82) is 0 Å². The zero-order valence-corrected chi connectivity index (χ0v) is 36.0. The van der Waals surface area contributed by atoms with E-state index >= 15 is 0 Å². The van der Waals surface area contributed by atoms with Crippen LogP contribution in [0.3, 0.4) is 0 Å². The van der Waals surface area contributed by atoms with E-state index in [9.17, 15) is 21.6 Å². The Morgan fingerprint density at radius 1 is 1.04 bits per heavy atom. The first kappa shape index (κ1) is 41.0. The molecule has 2 saturated heterocycles. The highest BCUT2D eigenvalue weighted by molar-refractivity contribution is 7.90. The maximum atomic E-state index is 13.7. The fourth-order valence-electron chi connectivity index (χ4n) is 10.6. The summed E-state index contributed by atoms with van der Waals surface area (Å²) in [4.78, 5) is 21.0. The number of ether oxygens (including phenoxy) is 2. The van der Waals surface area contributed by atoms with Gasteiger partial charge in [0.25, 0.3) is 5.91 Å². The number of rotatable bonds is 4. The Labute approximate surface area is 344 Å². The molecule has 2 bridgehead atoms. The molecular formula is C42H58ClN5O7S2. The zero-order valence-electron chi connectivity index (χ0n) is 33.7. The third-order valence-corrected chi connectivity index (χ3v) is 17.7. The highest BCUT2D eigenvalue weighted by atomic mass is 35.5. The monoisotopic (exact) mass is 843 g/mol. The maximum Gasteiger partial charge on any atom is 0.264 e. The molecule has 15 heteroatoms. The molecule has 1 N–H and O–H groups in total. The van der Waals surface area contributed by atoms with E-state index < -0.39 is 36.8 Å². The van der Waals surface area contributed by atoms with Crippen molar-refractivity contribution < 1.29 is 31.1 Å². The van der Waals surface area contributed by atoms with Gasteiger partial charge in [-0.3, -0.25) is 14.6 Å². The van der Waals surface area contributed by atoms with Gasteiger partial charge in [-0.1, -0.05) is 36.7 Å². The molecule has 1 saturated carbocycles. The Kier molecular flexibility index (Phi) is 11.3. The summed E-state index contributed by atoms with van der Waals surface area (Å²) in [6, 6.07) is 11.6. The number of nitrogens with one attached hydrogen (secondary N) is 1. The third kappa shape index (κ3) is 8.01. The van der Waals surface area contributed by atoms with Crippen molar-refractivity contribution in [2.45, 2.75) is 74.7 Å². The Hall–Kier alpha value is -2.72. The number of benzene rings is 2. The van der Waals surface area contributed by atoms with Gasteiger partial charge in [-0.05, 0) is 105 Å². The van der Waals surface area contributed by atoms with Gasteiger partial charge in [0.1, 0.15) is 11.4 Å². The van der Waals surface area contributed by atoms with Gasteiger partial charge in [-0.15, -0.1) is 0 Å². The standard InChI is InChI=1S/C42H58ClN5O7S2/c1-29-7-5-16-42(54-3,27-45-17-18-46-19-20-48(56(4,50)51)25-35(46)24-45)37-12-9-33(37)23-47-26-41(15-6-8-31-21-34(43)11-13-36(31)41)28-55-39-14-10-32(22-38(39)47)40(49)44-57(52,53)30(29)2/h5,10-11,13-14,16,21-22,29-30,33,35,37H,6-9,12,15,17-20,23-28H2,1-4H3,(H,44,49)/b16-5-/t29-,30+,33-,35-,37+,41-,42+/m0/s1. The predicted molar refractivity (Wildman–Crippen MR) is 223 cm³/mol. The largest absolute Gasteiger partial charge is 0.490 e. The average molecular weight is 845 g/mol. The number of allylic oxidation sites excluding steroid dienone is 1. The molecule has 6 aliphatic rings. The number of carbonyl (C=O) groups excluding carboxylic acids is 1. The molecule has 2 aromatic carbocycles. The summed E-state index contributed by atoms with van der Waals surface area (Å²) in [5, 5.41) is -0.105. The second kappa shape index (κ2) is 15.7. The van der Waals surface area contributed by atoms with E-state index in [0.29, 0.717) is 51.5 Å². The molecule has 2 aromatic rings. The first-order valence-corrected chi connectivity index (χ1v) is 24.4. The van der Waals surface area contributed by atoms with E-state index in [1.807, 2.05) is 25.1 Å². The van der Waals surface area contributed by atoms with Gasteiger partial charge in [-0.25, -0.2) is 21.6 Å². The number of aryl methyl sites for hydroxylation is 1. The van der Waals surface area contributed by atoms with Crippen LogP contribution in [0.1, 0.15) is 67.4 Å². The molecule has 3 fully saturated rings. The lowest BCUT2D eigenvalue weighted by Gasteiger charge is -2.53. The number of nitrogens with zero attached hydrogens (tertiary/aromatic N) is 4. The van der Waals surface area contributed by atoms with Gasteiger partial charge in [0.2, 0.25) is 20.0 Å². The smallest absolute Gasteiger partial charge is 0.264 e. The van der Waals surface area contributed by atoms with Gasteiger partial charge in [0, 0.05) is 88.1 Å². The van der Waals surface area contributed by atoms with Crippen molar-refractivity contribution in [3.05, 3.63) is 70.3 Å². The topological polar surface area (TPSA) is 129 Å². The number of halogens is 1. The minimum Gasteiger partial charge on any atom is -0.490 e. The molecule has 57 heavy (non-hydrogen) atoms. The quantitative estimate of drug-likeness (QED) is 0.439. The Morgan fingerprint density at radius 2 is 1.84 bits per heavy atom. The van der Waals surface area contributed by atoms with Crippen LogP contribution in [0.5, 0.6) is 5.75 Å². The van der Waals surface area contributed by atoms with E-state index in [-0.39, 0.29) is 34.8 Å². The highest BCUT2D eigenvalue weighted by Crippen LogP contribution is 2.49. The number of fused-ring (bicyclic) bond motifs is 5. The van der Waals surface area contributed by atoms with Crippen LogP contribution < -0.4 is 14.4 Å². The summed E-state index contributed by atoms with van der Waals surface area (Å²) in [7, 11) is -5.50. The molecule has 0 radical (unpaired) electrons. The van der Waals surface area contributed by atoms with Crippen molar-refractivity contribution in [1.82, 2.24) is 18.8 Å². The lowest BCUT2D eigenvalue weighted by molar-refractivity contribution is -0.101. The number of hydrogen-bond donors (Lipinski definition) is 1. The molecular weight excluding hydrogens is 786 g/mol. The number of carbonyl (C=O) groups is 1. The zero-order chi connectivity index (χ0) is 40.3. The molecule has 12 nitrogen and oxygen atoms in total. The van der Waals surface area contributed by atoms with Crippen LogP contribution in [0.4, 0.5) is 5.69 Å². The Balaban J connectivity index is 1.17. The normalized spacial score (nSPS) is 34.4. The molecule has 7 atom stereocenters. The lowest BCUT2D eigenvalue weighted by atomic mass is 9.63. The summed E-state index contributed by atoms with van der Waals surface area (Å²) in [6.07, 6.45) is 11.0. The van der Waals surface area contributed by atoms with Crippen LogP contribution in [-0.4, -0.2) is 133 Å². The van der Waals surface area contributed by atoms with Gasteiger partial charge >= 0.3 is 0 Å². The molecule has 8 rings (SSSR count). The number of sulfonamides is 2. The average Bonchev–Trinajstić information content (AvgIpc) is 3.31. The van der Waals surface area contributed by atoms with Crippen molar-refractivity contribution in [3.63, 3.8) is 0 Å². The predicted octanol–water partition coefficient (Wildman–Crippen LogP) is 4.53. The van der Waals surface area contributed by atoms with Crippen LogP contribution in [0, 0.1) is 17.8 Å². The highest BCUT2D eigenvalue weighted by Gasteiger charge is 2.50. The van der Waals surface area contributed by atoms with E-state index in [2.05, 4.69) is 43.7 Å². The second-order valence-electron chi connectivity index (χ2n) is 17.7. The van der Waals surface area contributed by atoms with Crippen LogP contribution in [0.25, 0.3) is 0 Å². The summed E-state index contributed by atoms with van der Waals surface area (Å²) >= 11 is 6.51. The van der Waals surface area contributed by atoms with Gasteiger partial charge in [0.05, 0.1) is 23.8 Å². The minimum absolute atomic E-state index is 0.0945. The van der Waals surface area contributed by atoms with Crippen LogP contribution in [0.15, 0.2) is 48.6 Å². The molecule has 0 aromatic heterocycles. The fraction of sp³-hybridized carbons (Fsp3) is 0.643. The Morgan fingerprint density at radius 3 is 2.60 bits per heavy atom. The van der Waals surface area contributed by atoms with Crippen LogP contribution in [-0.2, 0) is 36.6 Å². The second-order valence-corrected chi connectivity index (χ2v) is 22.2. The van der Waals surface area contributed by atoms with E-state index in [1.165, 1.54) is 17.4 Å².